The molecule has 2 aromatic rings. The van der Waals surface area contributed by atoms with Crippen molar-refractivity contribution in [2.45, 2.75) is 19.8 Å². The Labute approximate surface area is 130 Å². The summed E-state index contributed by atoms with van der Waals surface area (Å²) in [5, 5.41) is 2.97. The van der Waals surface area contributed by atoms with Gasteiger partial charge in [0.25, 0.3) is 5.91 Å². The summed E-state index contributed by atoms with van der Waals surface area (Å²) >= 11 is 0. The number of rotatable bonds is 1. The molecule has 0 unspecified atom stereocenters. The van der Waals surface area contributed by atoms with Crippen LogP contribution in [0.5, 0.6) is 0 Å². The standard InChI is InChI=1S/C19H18N2O/c1-13-8-9-15-16(19(22)20-17(15)11-13)12-21-10-4-6-14-5-2-3-7-18(14)21/h2-3,5,7-9,11-12H,4,6,10H2,1H3,(H,20,22)/b16-12-. The number of fused-ring (bicyclic) bond motifs is 2. The fourth-order valence-electron chi connectivity index (χ4n) is 3.29. The second-order valence-electron chi connectivity index (χ2n) is 5.97. The maximum Gasteiger partial charge on any atom is 0.257 e. The number of para-hydroxylation sites is 1. The highest BCUT2D eigenvalue weighted by Gasteiger charge is 2.26. The van der Waals surface area contributed by atoms with E-state index in [1.807, 2.05) is 25.3 Å². The highest BCUT2D eigenvalue weighted by atomic mass is 16.2. The quantitative estimate of drug-likeness (QED) is 0.811. The fourth-order valence-corrected chi connectivity index (χ4v) is 3.29. The Morgan fingerprint density at radius 2 is 2.05 bits per heavy atom. The highest BCUT2D eigenvalue weighted by Crippen LogP contribution is 2.35. The Morgan fingerprint density at radius 3 is 2.95 bits per heavy atom. The first kappa shape index (κ1) is 13.1. The van der Waals surface area contributed by atoms with Crippen LogP contribution in [0.15, 0.2) is 48.7 Å². The van der Waals surface area contributed by atoms with Crippen LogP contribution in [-0.4, -0.2) is 12.5 Å². The van der Waals surface area contributed by atoms with E-state index in [1.165, 1.54) is 11.3 Å². The maximum atomic E-state index is 12.3. The molecule has 110 valence electrons. The van der Waals surface area contributed by atoms with Crippen LogP contribution in [0.25, 0.3) is 5.57 Å². The second kappa shape index (κ2) is 5.02. The summed E-state index contributed by atoms with van der Waals surface area (Å²) in [6.45, 7) is 2.99. The number of hydrogen-bond donors (Lipinski definition) is 1. The number of carbonyl (C=O) groups excluding carboxylic acids is 1. The normalized spacial score (nSPS) is 18.1. The molecule has 0 fully saturated rings. The molecule has 0 saturated heterocycles. The van der Waals surface area contributed by atoms with Crippen LogP contribution < -0.4 is 10.2 Å². The lowest BCUT2D eigenvalue weighted by Gasteiger charge is -2.28. The Bertz CT molecular complexity index is 792. The van der Waals surface area contributed by atoms with Crippen LogP contribution in [0, 0.1) is 6.92 Å². The minimum absolute atomic E-state index is 0.0105. The molecule has 0 bridgehead atoms. The van der Waals surface area contributed by atoms with Crippen molar-refractivity contribution < 1.29 is 4.79 Å². The van der Waals surface area contributed by atoms with Crippen molar-refractivity contribution in [3.63, 3.8) is 0 Å². The zero-order valence-electron chi connectivity index (χ0n) is 12.6. The molecule has 2 heterocycles. The van der Waals surface area contributed by atoms with E-state index >= 15 is 0 Å². The van der Waals surface area contributed by atoms with Gasteiger partial charge in [-0.25, -0.2) is 0 Å². The maximum absolute atomic E-state index is 12.3. The van der Waals surface area contributed by atoms with E-state index in [1.54, 1.807) is 0 Å². The molecule has 0 aromatic heterocycles. The number of amides is 1. The Hall–Kier alpha value is -2.55. The van der Waals surface area contributed by atoms with Gasteiger partial charge in [0.2, 0.25) is 0 Å². The van der Waals surface area contributed by atoms with E-state index < -0.39 is 0 Å². The Kier molecular flexibility index (Phi) is 3.00. The number of nitrogens with one attached hydrogen (secondary N) is 1. The third kappa shape index (κ3) is 2.10. The van der Waals surface area contributed by atoms with Crippen LogP contribution >= 0.6 is 0 Å². The minimum Gasteiger partial charge on any atom is -0.347 e. The largest absolute Gasteiger partial charge is 0.347 e. The second-order valence-corrected chi connectivity index (χ2v) is 5.97. The first-order valence-electron chi connectivity index (χ1n) is 7.71. The van der Waals surface area contributed by atoms with Gasteiger partial charge in [-0.05, 0) is 43.0 Å². The number of anilines is 2. The number of aryl methyl sites for hydroxylation is 2. The molecule has 3 heteroatoms. The van der Waals surface area contributed by atoms with E-state index in [-0.39, 0.29) is 5.91 Å². The molecule has 0 spiro atoms. The molecular formula is C19H18N2O. The molecule has 0 aliphatic carbocycles. The van der Waals surface area contributed by atoms with E-state index in [4.69, 9.17) is 0 Å². The van der Waals surface area contributed by atoms with Crippen molar-refractivity contribution in [3.8, 4) is 0 Å². The summed E-state index contributed by atoms with van der Waals surface area (Å²) in [5.74, 6) is -0.0105. The molecule has 0 radical (unpaired) electrons. The van der Waals surface area contributed by atoms with E-state index in [2.05, 4.69) is 40.5 Å². The zero-order valence-corrected chi connectivity index (χ0v) is 12.6. The van der Waals surface area contributed by atoms with Crippen LogP contribution in [0.2, 0.25) is 0 Å². The summed E-state index contributed by atoms with van der Waals surface area (Å²) in [6, 6.07) is 14.6. The summed E-state index contributed by atoms with van der Waals surface area (Å²) in [7, 11) is 0. The first-order chi connectivity index (χ1) is 10.7. The molecule has 1 N–H and O–H groups in total. The Balaban J connectivity index is 1.77. The van der Waals surface area contributed by atoms with E-state index in [9.17, 15) is 4.79 Å². The van der Waals surface area contributed by atoms with Gasteiger partial charge >= 0.3 is 0 Å². The molecule has 22 heavy (non-hydrogen) atoms. The average molecular weight is 290 g/mol. The summed E-state index contributed by atoms with van der Waals surface area (Å²) in [4.78, 5) is 14.5. The minimum atomic E-state index is -0.0105. The smallest absolute Gasteiger partial charge is 0.257 e. The van der Waals surface area contributed by atoms with Gasteiger partial charge in [0.1, 0.15) is 0 Å². The van der Waals surface area contributed by atoms with Gasteiger partial charge in [0, 0.05) is 29.7 Å². The van der Waals surface area contributed by atoms with Gasteiger partial charge in [0.05, 0.1) is 5.57 Å². The van der Waals surface area contributed by atoms with Crippen LogP contribution in [-0.2, 0) is 11.2 Å². The molecular weight excluding hydrogens is 272 g/mol. The lowest BCUT2D eigenvalue weighted by atomic mass is 10.0. The van der Waals surface area contributed by atoms with Crippen molar-refractivity contribution in [1.82, 2.24) is 0 Å². The van der Waals surface area contributed by atoms with Crippen molar-refractivity contribution in [3.05, 3.63) is 65.4 Å². The van der Waals surface area contributed by atoms with Crippen molar-refractivity contribution in [2.75, 3.05) is 16.8 Å². The zero-order chi connectivity index (χ0) is 15.1. The third-order valence-corrected chi connectivity index (χ3v) is 4.39. The van der Waals surface area contributed by atoms with Gasteiger partial charge in [-0.3, -0.25) is 4.79 Å². The summed E-state index contributed by atoms with van der Waals surface area (Å²) in [6.07, 6.45) is 4.23. The molecule has 1 amide bonds. The third-order valence-electron chi connectivity index (χ3n) is 4.39. The number of carbonyl (C=O) groups is 1. The van der Waals surface area contributed by atoms with Crippen molar-refractivity contribution in [1.29, 1.82) is 0 Å². The van der Waals surface area contributed by atoms with E-state index in [0.29, 0.717) is 0 Å². The Morgan fingerprint density at radius 1 is 1.18 bits per heavy atom. The van der Waals surface area contributed by atoms with Gasteiger partial charge < -0.3 is 10.2 Å². The number of benzene rings is 2. The lowest BCUT2D eigenvalue weighted by Crippen LogP contribution is -2.24. The molecule has 2 aromatic carbocycles. The predicted octanol–water partition coefficient (Wildman–Crippen LogP) is 3.74. The summed E-state index contributed by atoms with van der Waals surface area (Å²) in [5.41, 5.74) is 6.40. The first-order valence-corrected chi connectivity index (χ1v) is 7.71. The number of hydrogen-bond acceptors (Lipinski definition) is 2. The monoisotopic (exact) mass is 290 g/mol. The van der Waals surface area contributed by atoms with Crippen LogP contribution in [0.1, 0.15) is 23.1 Å². The fraction of sp³-hybridized carbons (Fsp3) is 0.211. The van der Waals surface area contributed by atoms with Crippen LogP contribution in [0.3, 0.4) is 0 Å². The molecule has 2 aliphatic heterocycles. The highest BCUT2D eigenvalue weighted by molar-refractivity contribution is 6.31. The van der Waals surface area contributed by atoms with Gasteiger partial charge in [0.15, 0.2) is 0 Å². The van der Waals surface area contributed by atoms with Gasteiger partial charge in [-0.2, -0.15) is 0 Å². The average Bonchev–Trinajstić information content (AvgIpc) is 2.83. The SMILES string of the molecule is Cc1ccc2c(c1)NC(=O)/C2=C\N1CCCc2ccccc21. The molecule has 2 aliphatic rings. The molecule has 0 saturated carbocycles. The predicted molar refractivity (Wildman–Crippen MR) is 89.9 cm³/mol. The van der Waals surface area contributed by atoms with Crippen molar-refractivity contribution in [2.24, 2.45) is 0 Å². The van der Waals surface area contributed by atoms with Crippen molar-refractivity contribution >= 4 is 22.9 Å². The molecule has 0 atom stereocenters. The number of nitrogens with zero attached hydrogens (tertiary/aromatic N) is 1. The van der Waals surface area contributed by atoms with Crippen LogP contribution in [0.4, 0.5) is 11.4 Å². The van der Waals surface area contributed by atoms with Gasteiger partial charge in [-0.1, -0.05) is 30.3 Å². The topological polar surface area (TPSA) is 32.3 Å². The van der Waals surface area contributed by atoms with Gasteiger partial charge in [-0.15, -0.1) is 0 Å². The molecule has 4 rings (SSSR count). The molecule has 3 nitrogen and oxygen atoms in total. The van der Waals surface area contributed by atoms with E-state index in [0.717, 1.165) is 41.8 Å². The summed E-state index contributed by atoms with van der Waals surface area (Å²) < 4.78 is 0. The lowest BCUT2D eigenvalue weighted by molar-refractivity contribution is -0.110.